The minimum Gasteiger partial charge on any atom is -0.497 e. The highest BCUT2D eigenvalue weighted by Gasteiger charge is 2.26. The molecular weight excluding hydrogens is 378 g/mol. The number of sulfonamides is 1. The van der Waals surface area contributed by atoms with E-state index in [-0.39, 0.29) is 24.5 Å². The Hall–Kier alpha value is -2.54. The number of esters is 1. The van der Waals surface area contributed by atoms with Crippen molar-refractivity contribution in [2.24, 2.45) is 0 Å². The van der Waals surface area contributed by atoms with Crippen LogP contribution in [-0.4, -0.2) is 34.6 Å². The summed E-state index contributed by atoms with van der Waals surface area (Å²) in [4.78, 5) is 12.0. The van der Waals surface area contributed by atoms with Gasteiger partial charge in [-0.3, -0.25) is 9.10 Å². The number of rotatable bonds is 10. The van der Waals surface area contributed by atoms with Gasteiger partial charge in [-0.05, 0) is 55.3 Å². The van der Waals surface area contributed by atoms with E-state index in [4.69, 9.17) is 9.47 Å². The van der Waals surface area contributed by atoms with Gasteiger partial charge >= 0.3 is 5.97 Å². The molecule has 0 radical (unpaired) electrons. The second-order valence-electron chi connectivity index (χ2n) is 6.22. The van der Waals surface area contributed by atoms with E-state index in [1.165, 1.54) is 4.31 Å². The number of hydrogen-bond donors (Lipinski definition) is 0. The average Bonchev–Trinajstić information content (AvgIpc) is 2.69. The van der Waals surface area contributed by atoms with Crippen molar-refractivity contribution in [3.05, 3.63) is 54.1 Å². The maximum Gasteiger partial charge on any atom is 0.307 e. The van der Waals surface area contributed by atoms with E-state index in [9.17, 15) is 13.2 Å². The summed E-state index contributed by atoms with van der Waals surface area (Å²) >= 11 is 0. The van der Waals surface area contributed by atoms with Crippen LogP contribution in [0.1, 0.15) is 32.3 Å². The molecule has 0 unspecified atom stereocenters. The van der Waals surface area contributed by atoms with Gasteiger partial charge in [-0.2, -0.15) is 0 Å². The molecule has 28 heavy (non-hydrogen) atoms. The average molecular weight is 406 g/mol. The van der Waals surface area contributed by atoms with Crippen molar-refractivity contribution in [3.8, 4) is 5.75 Å². The summed E-state index contributed by atoms with van der Waals surface area (Å²) in [6.07, 6.45) is 1.85. The monoisotopic (exact) mass is 405 g/mol. The Balaban J connectivity index is 2.35. The van der Waals surface area contributed by atoms with Crippen molar-refractivity contribution in [2.75, 3.05) is 24.6 Å². The lowest BCUT2D eigenvalue weighted by atomic mass is 10.1. The maximum atomic E-state index is 13.3. The lowest BCUT2D eigenvalue weighted by Crippen LogP contribution is -2.33. The van der Waals surface area contributed by atoms with Gasteiger partial charge in [-0.25, -0.2) is 8.42 Å². The first-order valence-electron chi connectivity index (χ1n) is 9.33. The second-order valence-corrected chi connectivity index (χ2v) is 8.09. The van der Waals surface area contributed by atoms with E-state index < -0.39 is 16.0 Å². The fourth-order valence-corrected chi connectivity index (χ4v) is 4.27. The van der Waals surface area contributed by atoms with Crippen LogP contribution in [0.3, 0.4) is 0 Å². The molecule has 0 fully saturated rings. The van der Waals surface area contributed by atoms with Gasteiger partial charge in [0.05, 0.1) is 30.7 Å². The Bertz CT molecular complexity index is 861. The molecule has 7 heteroatoms. The SMILES string of the molecule is CCCc1ccc(S(=O)(=O)N(CCC(=O)OCC)c2ccc(OC)cc2)cc1. The molecule has 0 saturated heterocycles. The van der Waals surface area contributed by atoms with Gasteiger partial charge < -0.3 is 9.47 Å². The Morgan fingerprint density at radius 2 is 1.64 bits per heavy atom. The predicted molar refractivity (Wildman–Crippen MR) is 109 cm³/mol. The molecule has 0 aliphatic heterocycles. The van der Waals surface area contributed by atoms with E-state index in [0.29, 0.717) is 11.4 Å². The minimum absolute atomic E-state index is 0.00972. The van der Waals surface area contributed by atoms with Crippen molar-refractivity contribution in [2.45, 2.75) is 38.0 Å². The minimum atomic E-state index is -3.83. The molecule has 152 valence electrons. The Morgan fingerprint density at radius 1 is 1.00 bits per heavy atom. The van der Waals surface area contributed by atoms with Crippen molar-refractivity contribution >= 4 is 21.7 Å². The second kappa shape index (κ2) is 10.1. The smallest absolute Gasteiger partial charge is 0.307 e. The lowest BCUT2D eigenvalue weighted by Gasteiger charge is -2.24. The number of benzene rings is 2. The third-order valence-electron chi connectivity index (χ3n) is 4.23. The molecule has 0 N–H and O–H groups in total. The number of ether oxygens (including phenoxy) is 2. The number of anilines is 1. The third-order valence-corrected chi connectivity index (χ3v) is 6.08. The van der Waals surface area contributed by atoms with Crippen LogP contribution in [0.2, 0.25) is 0 Å². The first-order valence-corrected chi connectivity index (χ1v) is 10.8. The highest BCUT2D eigenvalue weighted by atomic mass is 32.2. The van der Waals surface area contributed by atoms with Gasteiger partial charge in [-0.1, -0.05) is 25.5 Å². The molecule has 0 spiro atoms. The molecule has 0 aliphatic carbocycles. The van der Waals surface area contributed by atoms with Crippen LogP contribution in [0.5, 0.6) is 5.75 Å². The molecule has 0 amide bonds. The topological polar surface area (TPSA) is 72.9 Å². The van der Waals surface area contributed by atoms with Gasteiger partial charge in [0.2, 0.25) is 0 Å². The van der Waals surface area contributed by atoms with Crippen LogP contribution in [0, 0.1) is 0 Å². The molecule has 2 rings (SSSR count). The quantitative estimate of drug-likeness (QED) is 0.562. The molecule has 6 nitrogen and oxygen atoms in total. The molecule has 0 bridgehead atoms. The fraction of sp³-hybridized carbons (Fsp3) is 0.381. The van der Waals surface area contributed by atoms with Crippen LogP contribution in [0.15, 0.2) is 53.4 Å². The van der Waals surface area contributed by atoms with E-state index >= 15 is 0 Å². The summed E-state index contributed by atoms with van der Waals surface area (Å²) in [5.74, 6) is 0.185. The van der Waals surface area contributed by atoms with E-state index in [1.807, 2.05) is 12.1 Å². The molecule has 0 saturated carbocycles. The fourth-order valence-electron chi connectivity index (χ4n) is 2.81. The normalized spacial score (nSPS) is 11.1. The summed E-state index contributed by atoms with van der Waals surface area (Å²) in [7, 11) is -2.29. The standard InChI is InChI=1S/C21H27NO5S/c1-4-6-17-7-13-20(14-8-17)28(24,25)22(16-15-21(23)27-5-2)18-9-11-19(26-3)12-10-18/h7-14H,4-6,15-16H2,1-3H3. The molecule has 2 aromatic carbocycles. The Labute approximate surface area is 167 Å². The number of carbonyl (C=O) groups is 1. The van der Waals surface area contributed by atoms with Crippen molar-refractivity contribution < 1.29 is 22.7 Å². The zero-order chi connectivity index (χ0) is 20.6. The number of nitrogens with zero attached hydrogens (tertiary/aromatic N) is 1. The molecule has 0 aromatic heterocycles. The number of carbonyl (C=O) groups excluding carboxylic acids is 1. The number of hydrogen-bond acceptors (Lipinski definition) is 5. The molecule has 0 heterocycles. The van der Waals surface area contributed by atoms with Crippen molar-refractivity contribution in [3.63, 3.8) is 0 Å². The van der Waals surface area contributed by atoms with Gasteiger partial charge in [0.15, 0.2) is 0 Å². The van der Waals surface area contributed by atoms with Crippen LogP contribution in [0.25, 0.3) is 0 Å². The molecule has 0 atom stereocenters. The van der Waals surface area contributed by atoms with Crippen LogP contribution in [-0.2, 0) is 26.0 Å². The summed E-state index contributed by atoms with van der Waals surface area (Å²) in [6.45, 7) is 4.04. The summed E-state index contributed by atoms with van der Waals surface area (Å²) in [6, 6.07) is 13.6. The third kappa shape index (κ3) is 5.48. The summed E-state index contributed by atoms with van der Waals surface area (Å²) in [5, 5.41) is 0. The summed E-state index contributed by atoms with van der Waals surface area (Å²) in [5.41, 5.74) is 1.55. The van der Waals surface area contributed by atoms with Gasteiger partial charge in [0, 0.05) is 6.54 Å². The van der Waals surface area contributed by atoms with Crippen molar-refractivity contribution in [1.29, 1.82) is 0 Å². The molecule has 2 aromatic rings. The maximum absolute atomic E-state index is 13.3. The van der Waals surface area contributed by atoms with Gasteiger partial charge in [-0.15, -0.1) is 0 Å². The van der Waals surface area contributed by atoms with Gasteiger partial charge in [0.1, 0.15) is 5.75 Å². The number of aryl methyl sites for hydroxylation is 1. The highest BCUT2D eigenvalue weighted by Crippen LogP contribution is 2.26. The van der Waals surface area contributed by atoms with Gasteiger partial charge in [0.25, 0.3) is 10.0 Å². The van der Waals surface area contributed by atoms with Crippen LogP contribution >= 0.6 is 0 Å². The first-order chi connectivity index (χ1) is 13.4. The van der Waals surface area contributed by atoms with E-state index in [2.05, 4.69) is 6.92 Å². The molecular formula is C21H27NO5S. The predicted octanol–water partition coefficient (Wildman–Crippen LogP) is 3.80. The largest absolute Gasteiger partial charge is 0.497 e. The Morgan fingerprint density at radius 3 is 2.18 bits per heavy atom. The highest BCUT2D eigenvalue weighted by molar-refractivity contribution is 7.92. The van der Waals surface area contributed by atoms with Crippen LogP contribution < -0.4 is 9.04 Å². The van der Waals surface area contributed by atoms with E-state index in [1.54, 1.807) is 50.4 Å². The summed E-state index contributed by atoms with van der Waals surface area (Å²) < 4.78 is 37.9. The first kappa shape index (κ1) is 21.8. The van der Waals surface area contributed by atoms with Crippen LogP contribution in [0.4, 0.5) is 5.69 Å². The zero-order valence-electron chi connectivity index (χ0n) is 16.6. The van der Waals surface area contributed by atoms with Crippen molar-refractivity contribution in [1.82, 2.24) is 0 Å². The zero-order valence-corrected chi connectivity index (χ0v) is 17.4. The Kier molecular flexibility index (Phi) is 7.87. The van der Waals surface area contributed by atoms with E-state index in [0.717, 1.165) is 18.4 Å². The number of methoxy groups -OCH3 is 1. The lowest BCUT2D eigenvalue weighted by molar-refractivity contribution is -0.142. The molecule has 0 aliphatic rings.